The summed E-state index contributed by atoms with van der Waals surface area (Å²) < 4.78 is 0. The van der Waals surface area contributed by atoms with Crippen LogP contribution in [0.3, 0.4) is 0 Å². The Labute approximate surface area is 115 Å². The highest BCUT2D eigenvalue weighted by molar-refractivity contribution is 7.98. The average molecular weight is 274 g/mol. The van der Waals surface area contributed by atoms with Gasteiger partial charge in [0.15, 0.2) is 5.69 Å². The van der Waals surface area contributed by atoms with E-state index in [9.17, 15) is 4.79 Å². The molecular formula is C14H14N2O2S. The van der Waals surface area contributed by atoms with Crippen molar-refractivity contribution in [2.45, 2.75) is 24.6 Å². The first kappa shape index (κ1) is 13.5. The van der Waals surface area contributed by atoms with E-state index in [0.717, 1.165) is 10.8 Å². The third kappa shape index (κ3) is 3.79. The van der Waals surface area contributed by atoms with Gasteiger partial charge < -0.3 is 5.11 Å². The van der Waals surface area contributed by atoms with E-state index in [4.69, 9.17) is 5.11 Å². The third-order valence-corrected chi connectivity index (χ3v) is 3.52. The Morgan fingerprint density at radius 3 is 2.37 bits per heavy atom. The van der Waals surface area contributed by atoms with Crippen molar-refractivity contribution < 1.29 is 9.90 Å². The molecule has 0 spiro atoms. The van der Waals surface area contributed by atoms with Crippen LogP contribution in [0.4, 0.5) is 0 Å². The molecule has 0 aliphatic heterocycles. The van der Waals surface area contributed by atoms with Gasteiger partial charge in [0.25, 0.3) is 0 Å². The molecule has 2 aromatic rings. The molecule has 19 heavy (non-hydrogen) atoms. The number of aromatic carboxylic acids is 1. The molecular weight excluding hydrogens is 260 g/mol. The van der Waals surface area contributed by atoms with Crippen LogP contribution in [-0.2, 0) is 5.75 Å². The van der Waals surface area contributed by atoms with E-state index >= 15 is 0 Å². The van der Waals surface area contributed by atoms with Crippen molar-refractivity contribution in [3.8, 4) is 0 Å². The fraction of sp³-hybridized carbons (Fsp3) is 0.214. The van der Waals surface area contributed by atoms with Crippen molar-refractivity contribution in [1.29, 1.82) is 0 Å². The number of benzene rings is 1. The highest BCUT2D eigenvalue weighted by atomic mass is 32.2. The molecule has 1 heterocycles. The molecule has 0 bridgehead atoms. The van der Waals surface area contributed by atoms with E-state index < -0.39 is 5.97 Å². The van der Waals surface area contributed by atoms with Crippen LogP contribution in [0.25, 0.3) is 0 Å². The highest BCUT2D eigenvalue weighted by Crippen LogP contribution is 2.21. The number of carbonyl (C=O) groups is 1. The molecule has 0 aliphatic carbocycles. The first-order chi connectivity index (χ1) is 9.04. The SMILES string of the molecule is Cc1cc(C)cc(CSc2ccc(C(=O)O)nn2)c1. The largest absolute Gasteiger partial charge is 0.476 e. The zero-order valence-corrected chi connectivity index (χ0v) is 11.6. The monoisotopic (exact) mass is 274 g/mol. The molecule has 1 aromatic heterocycles. The zero-order chi connectivity index (χ0) is 13.8. The van der Waals surface area contributed by atoms with E-state index in [1.807, 2.05) is 0 Å². The Hall–Kier alpha value is -1.88. The van der Waals surface area contributed by atoms with Crippen molar-refractivity contribution in [2.24, 2.45) is 0 Å². The molecule has 0 radical (unpaired) electrons. The minimum absolute atomic E-state index is 0.0317. The summed E-state index contributed by atoms with van der Waals surface area (Å²) in [5.74, 6) is -0.262. The van der Waals surface area contributed by atoms with Gasteiger partial charge in [-0.2, -0.15) is 0 Å². The Morgan fingerprint density at radius 2 is 1.84 bits per heavy atom. The lowest BCUT2D eigenvalue weighted by Crippen LogP contribution is -2.01. The molecule has 0 atom stereocenters. The van der Waals surface area contributed by atoms with Gasteiger partial charge in [0.05, 0.1) is 0 Å². The van der Waals surface area contributed by atoms with Gasteiger partial charge in [-0.15, -0.1) is 10.2 Å². The zero-order valence-electron chi connectivity index (χ0n) is 10.8. The normalized spacial score (nSPS) is 10.4. The van der Waals surface area contributed by atoms with Crippen LogP contribution < -0.4 is 0 Å². The van der Waals surface area contributed by atoms with Gasteiger partial charge in [-0.1, -0.05) is 41.1 Å². The Bertz CT molecular complexity index is 577. The predicted molar refractivity (Wildman–Crippen MR) is 74.5 cm³/mol. The number of aromatic nitrogens is 2. The molecule has 0 saturated heterocycles. The summed E-state index contributed by atoms with van der Waals surface area (Å²) in [6.07, 6.45) is 0. The summed E-state index contributed by atoms with van der Waals surface area (Å²) in [4.78, 5) is 10.7. The molecule has 0 amide bonds. The second-order valence-electron chi connectivity index (χ2n) is 4.35. The second-order valence-corrected chi connectivity index (χ2v) is 5.34. The van der Waals surface area contributed by atoms with Crippen molar-refractivity contribution >= 4 is 17.7 Å². The maximum absolute atomic E-state index is 10.7. The number of nitrogens with zero attached hydrogens (tertiary/aromatic N) is 2. The lowest BCUT2D eigenvalue weighted by atomic mass is 10.1. The molecule has 5 heteroatoms. The van der Waals surface area contributed by atoms with Gasteiger partial charge in [-0.05, 0) is 31.5 Å². The number of rotatable bonds is 4. The van der Waals surface area contributed by atoms with E-state index in [2.05, 4.69) is 42.2 Å². The highest BCUT2D eigenvalue weighted by Gasteiger charge is 2.05. The summed E-state index contributed by atoms with van der Waals surface area (Å²) in [6, 6.07) is 9.57. The molecule has 0 aliphatic rings. The molecule has 0 unspecified atom stereocenters. The van der Waals surface area contributed by atoms with Crippen LogP contribution in [-0.4, -0.2) is 21.3 Å². The maximum atomic E-state index is 10.7. The lowest BCUT2D eigenvalue weighted by molar-refractivity contribution is 0.0689. The van der Waals surface area contributed by atoms with Gasteiger partial charge in [-0.3, -0.25) is 0 Å². The fourth-order valence-corrected chi connectivity index (χ4v) is 2.56. The van der Waals surface area contributed by atoms with Crippen LogP contribution in [0.1, 0.15) is 27.2 Å². The van der Waals surface area contributed by atoms with E-state index in [0.29, 0.717) is 0 Å². The van der Waals surface area contributed by atoms with Crippen LogP contribution in [0, 0.1) is 13.8 Å². The van der Waals surface area contributed by atoms with E-state index in [1.165, 1.54) is 22.8 Å². The quantitative estimate of drug-likeness (QED) is 0.868. The molecule has 1 N–H and O–H groups in total. The van der Waals surface area contributed by atoms with E-state index in [-0.39, 0.29) is 5.69 Å². The van der Waals surface area contributed by atoms with Gasteiger partial charge in [0.2, 0.25) is 0 Å². The number of carboxylic acid groups (broad SMARTS) is 1. The number of thioether (sulfide) groups is 1. The number of hydrogen-bond donors (Lipinski definition) is 1. The van der Waals surface area contributed by atoms with Crippen LogP contribution >= 0.6 is 11.8 Å². The molecule has 0 saturated carbocycles. The summed E-state index contributed by atoms with van der Waals surface area (Å²) >= 11 is 1.54. The number of hydrogen-bond acceptors (Lipinski definition) is 4. The van der Waals surface area contributed by atoms with Gasteiger partial charge in [0, 0.05) is 5.75 Å². The minimum atomic E-state index is -1.06. The smallest absolute Gasteiger partial charge is 0.356 e. The Balaban J connectivity index is 2.03. The summed E-state index contributed by atoms with van der Waals surface area (Å²) in [6.45, 7) is 4.14. The first-order valence-electron chi connectivity index (χ1n) is 5.81. The maximum Gasteiger partial charge on any atom is 0.356 e. The van der Waals surface area contributed by atoms with Crippen molar-refractivity contribution in [3.63, 3.8) is 0 Å². The van der Waals surface area contributed by atoms with Crippen molar-refractivity contribution in [3.05, 3.63) is 52.7 Å². The third-order valence-electron chi connectivity index (χ3n) is 2.53. The molecule has 4 nitrogen and oxygen atoms in total. The average Bonchev–Trinajstić information content (AvgIpc) is 2.36. The molecule has 1 aromatic carbocycles. The lowest BCUT2D eigenvalue weighted by Gasteiger charge is -2.04. The molecule has 0 fully saturated rings. The van der Waals surface area contributed by atoms with Gasteiger partial charge >= 0.3 is 5.97 Å². The van der Waals surface area contributed by atoms with Gasteiger partial charge in [-0.25, -0.2) is 4.79 Å². The van der Waals surface area contributed by atoms with Crippen LogP contribution in [0.2, 0.25) is 0 Å². The first-order valence-corrected chi connectivity index (χ1v) is 6.80. The standard InChI is InChI=1S/C14H14N2O2S/c1-9-5-10(2)7-11(6-9)8-19-13-4-3-12(14(17)18)15-16-13/h3-7H,8H2,1-2H3,(H,17,18). The summed E-state index contributed by atoms with van der Waals surface area (Å²) in [5.41, 5.74) is 3.67. The Morgan fingerprint density at radius 1 is 1.16 bits per heavy atom. The summed E-state index contributed by atoms with van der Waals surface area (Å²) in [5, 5.41) is 17.0. The fourth-order valence-electron chi connectivity index (χ4n) is 1.82. The van der Waals surface area contributed by atoms with Gasteiger partial charge in [0.1, 0.15) is 5.03 Å². The number of carboxylic acids is 1. The van der Waals surface area contributed by atoms with Crippen molar-refractivity contribution in [2.75, 3.05) is 0 Å². The predicted octanol–water partition coefficient (Wildman–Crippen LogP) is 3.08. The topological polar surface area (TPSA) is 63.1 Å². The minimum Gasteiger partial charge on any atom is -0.476 e. The second kappa shape index (κ2) is 5.84. The molecule has 2 rings (SSSR count). The van der Waals surface area contributed by atoms with Crippen molar-refractivity contribution in [1.82, 2.24) is 10.2 Å². The van der Waals surface area contributed by atoms with E-state index in [1.54, 1.807) is 17.8 Å². The number of aryl methyl sites for hydroxylation is 2. The van der Waals surface area contributed by atoms with Crippen LogP contribution in [0.15, 0.2) is 35.4 Å². The molecule has 98 valence electrons. The van der Waals surface area contributed by atoms with Crippen LogP contribution in [0.5, 0.6) is 0 Å². The Kier molecular flexibility index (Phi) is 4.16. The summed E-state index contributed by atoms with van der Waals surface area (Å²) in [7, 11) is 0.